The summed E-state index contributed by atoms with van der Waals surface area (Å²) < 4.78 is 23.6. The molecule has 3 aromatic carbocycles. The number of rotatable bonds is 8. The molecule has 2 aromatic heterocycles. The Morgan fingerprint density at radius 2 is 1.47 bits per heavy atom. The second kappa shape index (κ2) is 11.9. The van der Waals surface area contributed by atoms with E-state index in [4.69, 9.17) is 18.9 Å². The van der Waals surface area contributed by atoms with Gasteiger partial charge < -0.3 is 28.8 Å². The normalized spacial score (nSPS) is 11.2. The van der Waals surface area contributed by atoms with E-state index < -0.39 is 5.97 Å². The number of aliphatic carboxylic acids is 1. The van der Waals surface area contributed by atoms with Gasteiger partial charge in [-0.3, -0.25) is 4.98 Å². The Labute approximate surface area is 245 Å². The molecule has 5 rings (SSSR count). The van der Waals surface area contributed by atoms with Gasteiger partial charge in [-0.15, -0.1) is 11.3 Å². The summed E-state index contributed by atoms with van der Waals surface area (Å²) in [4.78, 5) is 16.7. The third kappa shape index (κ3) is 5.49. The number of hydrogen-bond donors (Lipinski definition) is 0. The van der Waals surface area contributed by atoms with Crippen molar-refractivity contribution in [1.82, 2.24) is 4.98 Å². The van der Waals surface area contributed by atoms with Crippen molar-refractivity contribution >= 4 is 49.8 Å². The summed E-state index contributed by atoms with van der Waals surface area (Å²) in [5, 5.41) is 14.8. The Morgan fingerprint density at radius 3 is 2.11 bits per heavy atom. The second-order valence-electron chi connectivity index (χ2n) is 8.06. The SMILES string of the molecule is COc1ccc2cc(Oc3c(/C=C(/C(=O)[O-])c4ccncc4)sc4cc(OC)c(OC)cc34)ccc2c1.[Na+]. The fraction of sp³-hybridized carbons (Fsp3) is 0.103. The molecule has 7 nitrogen and oxygen atoms in total. The van der Waals surface area contributed by atoms with Crippen LogP contribution >= 0.6 is 11.3 Å². The monoisotopic (exact) mass is 535 g/mol. The van der Waals surface area contributed by atoms with Crippen molar-refractivity contribution in [2.75, 3.05) is 21.3 Å². The van der Waals surface area contributed by atoms with Gasteiger partial charge >= 0.3 is 29.6 Å². The summed E-state index contributed by atoms with van der Waals surface area (Å²) in [5.41, 5.74) is 0.497. The predicted molar refractivity (Wildman–Crippen MR) is 143 cm³/mol. The van der Waals surface area contributed by atoms with Gasteiger partial charge in [0.1, 0.15) is 11.5 Å². The molecule has 9 heteroatoms. The van der Waals surface area contributed by atoms with Crippen LogP contribution in [0.1, 0.15) is 10.4 Å². The van der Waals surface area contributed by atoms with Crippen LogP contribution in [-0.2, 0) is 4.79 Å². The van der Waals surface area contributed by atoms with Crippen LogP contribution in [0.25, 0.3) is 32.5 Å². The van der Waals surface area contributed by atoms with Crippen molar-refractivity contribution in [2.45, 2.75) is 0 Å². The number of pyridine rings is 1. The molecule has 0 aliphatic heterocycles. The first kappa shape index (κ1) is 27.5. The second-order valence-corrected chi connectivity index (χ2v) is 9.14. The van der Waals surface area contributed by atoms with Crippen molar-refractivity contribution in [3.8, 4) is 28.7 Å². The minimum atomic E-state index is -1.30. The largest absolute Gasteiger partial charge is 1.00 e. The standard InChI is InChI=1S/C29H23NO6S.Na/c1-33-20-6-4-19-13-21(7-5-18(19)12-20)36-28-23-14-24(34-2)25(35-3)16-26(23)37-27(28)15-22(29(31)32)17-8-10-30-11-9-17;/h4-16H,1-3H3,(H,31,32);/q;+1/p-1/b22-15+;. The molecule has 0 saturated carbocycles. The molecule has 0 atom stereocenters. The average molecular weight is 536 g/mol. The number of carboxylic acids is 1. The molecule has 0 saturated heterocycles. The summed E-state index contributed by atoms with van der Waals surface area (Å²) in [5.74, 6) is 1.66. The Bertz CT molecular complexity index is 1650. The predicted octanol–water partition coefficient (Wildman–Crippen LogP) is 2.56. The fourth-order valence-electron chi connectivity index (χ4n) is 4.05. The minimum absolute atomic E-state index is 0. The Balaban J connectivity index is 0.00000336. The van der Waals surface area contributed by atoms with Gasteiger partial charge in [0.25, 0.3) is 0 Å². The van der Waals surface area contributed by atoms with Gasteiger partial charge in [0.05, 0.1) is 32.2 Å². The average Bonchev–Trinajstić information content (AvgIpc) is 3.26. The molecular weight excluding hydrogens is 513 g/mol. The van der Waals surface area contributed by atoms with E-state index in [1.807, 2.05) is 48.5 Å². The zero-order chi connectivity index (χ0) is 25.9. The van der Waals surface area contributed by atoms with Crippen LogP contribution in [0, 0.1) is 0 Å². The van der Waals surface area contributed by atoms with Gasteiger partial charge in [0.2, 0.25) is 0 Å². The van der Waals surface area contributed by atoms with Crippen LogP contribution in [0.15, 0.2) is 73.1 Å². The molecule has 0 fully saturated rings. The first-order valence-electron chi connectivity index (χ1n) is 11.3. The van der Waals surface area contributed by atoms with E-state index in [0.29, 0.717) is 33.4 Å². The molecule has 2 heterocycles. The molecule has 38 heavy (non-hydrogen) atoms. The van der Waals surface area contributed by atoms with Gasteiger partial charge in [0.15, 0.2) is 17.2 Å². The third-order valence-electron chi connectivity index (χ3n) is 5.90. The van der Waals surface area contributed by atoms with Crippen LogP contribution < -0.4 is 53.6 Å². The molecule has 0 unspecified atom stereocenters. The van der Waals surface area contributed by atoms with Gasteiger partial charge in [-0.1, -0.05) is 12.1 Å². The summed E-state index contributed by atoms with van der Waals surface area (Å²) in [7, 11) is 4.76. The fourth-order valence-corrected chi connectivity index (χ4v) is 5.14. The van der Waals surface area contributed by atoms with Crippen LogP contribution in [0.5, 0.6) is 28.7 Å². The maximum atomic E-state index is 12.1. The van der Waals surface area contributed by atoms with Crippen LogP contribution in [0.3, 0.4) is 0 Å². The van der Waals surface area contributed by atoms with Gasteiger partial charge in [-0.25, -0.2) is 0 Å². The smallest absolute Gasteiger partial charge is 0.545 e. The third-order valence-corrected chi connectivity index (χ3v) is 6.98. The zero-order valence-corrected chi connectivity index (χ0v) is 24.1. The number of carbonyl (C=O) groups is 1. The molecule has 0 aliphatic rings. The molecule has 186 valence electrons. The topological polar surface area (TPSA) is 89.9 Å². The van der Waals surface area contributed by atoms with E-state index in [2.05, 4.69) is 4.98 Å². The first-order chi connectivity index (χ1) is 18.0. The van der Waals surface area contributed by atoms with Gasteiger partial charge in [0, 0.05) is 34.1 Å². The van der Waals surface area contributed by atoms with E-state index in [1.54, 1.807) is 39.5 Å². The minimum Gasteiger partial charge on any atom is -0.545 e. The van der Waals surface area contributed by atoms with Crippen molar-refractivity contribution in [3.63, 3.8) is 0 Å². The molecule has 0 bridgehead atoms. The number of methoxy groups -OCH3 is 3. The van der Waals surface area contributed by atoms with Crippen LogP contribution in [0.4, 0.5) is 0 Å². The number of aromatic nitrogens is 1. The summed E-state index contributed by atoms with van der Waals surface area (Å²) in [6, 6.07) is 18.5. The van der Waals surface area contributed by atoms with Crippen LogP contribution in [-0.4, -0.2) is 32.3 Å². The molecule has 0 N–H and O–H groups in total. The van der Waals surface area contributed by atoms with Gasteiger partial charge in [-0.2, -0.15) is 0 Å². The number of benzene rings is 3. The quantitative estimate of drug-likeness (QED) is 0.223. The number of thiophene rings is 1. The van der Waals surface area contributed by atoms with Crippen molar-refractivity contribution in [1.29, 1.82) is 0 Å². The zero-order valence-electron chi connectivity index (χ0n) is 21.3. The van der Waals surface area contributed by atoms with E-state index in [-0.39, 0.29) is 35.1 Å². The molecule has 0 spiro atoms. The summed E-state index contributed by atoms with van der Waals surface area (Å²) in [6.07, 6.45) is 4.64. The Kier molecular flexibility index (Phi) is 8.58. The Hall–Kier alpha value is -3.56. The number of carboxylic acid groups (broad SMARTS) is 1. The van der Waals surface area contributed by atoms with E-state index >= 15 is 0 Å². The first-order valence-corrected chi connectivity index (χ1v) is 12.1. The Morgan fingerprint density at radius 1 is 0.842 bits per heavy atom. The summed E-state index contributed by atoms with van der Waals surface area (Å²) in [6.45, 7) is 0. The summed E-state index contributed by atoms with van der Waals surface area (Å²) >= 11 is 1.38. The maximum absolute atomic E-state index is 12.1. The molecule has 5 aromatic rings. The van der Waals surface area contributed by atoms with Crippen molar-refractivity contribution in [3.05, 3.63) is 83.5 Å². The number of fused-ring (bicyclic) bond motifs is 2. The van der Waals surface area contributed by atoms with Crippen LogP contribution in [0.2, 0.25) is 0 Å². The van der Waals surface area contributed by atoms with Crippen molar-refractivity contribution in [2.24, 2.45) is 0 Å². The molecule has 0 radical (unpaired) electrons. The molecule has 0 aliphatic carbocycles. The van der Waals surface area contributed by atoms with E-state index in [0.717, 1.165) is 26.6 Å². The number of ether oxygens (including phenoxy) is 4. The van der Waals surface area contributed by atoms with E-state index in [1.165, 1.54) is 23.7 Å². The number of carbonyl (C=O) groups excluding carboxylic acids is 1. The van der Waals surface area contributed by atoms with Gasteiger partial charge in [-0.05, 0) is 64.9 Å². The van der Waals surface area contributed by atoms with E-state index in [9.17, 15) is 9.90 Å². The maximum Gasteiger partial charge on any atom is 1.00 e. The number of hydrogen-bond acceptors (Lipinski definition) is 8. The molecule has 0 amide bonds. The number of nitrogens with zero attached hydrogens (tertiary/aromatic N) is 1. The molecular formula is C29H22NNaO6S. The van der Waals surface area contributed by atoms with Crippen molar-refractivity contribution < 1.29 is 58.4 Å².